The van der Waals surface area contributed by atoms with Crippen LogP contribution in [0.2, 0.25) is 0 Å². The highest BCUT2D eigenvalue weighted by atomic mass is 16.6. The standard InChI is InChI=1S/C31H51N3O6/c1-22(2)33(29(35)24-10-9-23(3)28(17-24)39-15-8-14-37-6)20-25-18-32-19-26(25)21-34(27-11-12-27)30(36)40-16-13-31(4,5)38-7/h9-10,17,22,25-27,32H,8,11-16,18-21H2,1-7H3/t25-,26-/m0/s1. The van der Waals surface area contributed by atoms with E-state index in [1.54, 1.807) is 14.2 Å². The average molecular weight is 562 g/mol. The van der Waals surface area contributed by atoms with Gasteiger partial charge >= 0.3 is 6.09 Å². The summed E-state index contributed by atoms with van der Waals surface area (Å²) in [5.41, 5.74) is 1.31. The van der Waals surface area contributed by atoms with Gasteiger partial charge in [0, 0.05) is 77.5 Å². The Labute approximate surface area is 240 Å². The molecule has 40 heavy (non-hydrogen) atoms. The molecule has 3 rings (SSSR count). The molecule has 1 saturated carbocycles. The maximum atomic E-state index is 13.7. The first-order valence-corrected chi connectivity index (χ1v) is 14.8. The molecule has 0 bridgehead atoms. The van der Waals surface area contributed by atoms with Crippen molar-refractivity contribution in [3.63, 3.8) is 0 Å². The molecule has 2 fully saturated rings. The van der Waals surface area contributed by atoms with E-state index >= 15 is 0 Å². The van der Waals surface area contributed by atoms with Crippen molar-refractivity contribution in [2.45, 2.75) is 78.0 Å². The number of nitrogens with zero attached hydrogens (tertiary/aromatic N) is 2. The van der Waals surface area contributed by atoms with Crippen molar-refractivity contribution in [2.24, 2.45) is 11.8 Å². The fourth-order valence-electron chi connectivity index (χ4n) is 5.02. The number of hydrogen-bond donors (Lipinski definition) is 1. The number of benzene rings is 1. The Bertz CT molecular complexity index is 964. The van der Waals surface area contributed by atoms with Crippen molar-refractivity contribution < 1.29 is 28.5 Å². The molecule has 0 unspecified atom stereocenters. The fourth-order valence-corrected chi connectivity index (χ4v) is 5.02. The van der Waals surface area contributed by atoms with Gasteiger partial charge in [-0.2, -0.15) is 0 Å². The van der Waals surface area contributed by atoms with Gasteiger partial charge in [0.15, 0.2) is 0 Å². The van der Waals surface area contributed by atoms with E-state index in [0.29, 0.717) is 44.9 Å². The lowest BCUT2D eigenvalue weighted by Crippen LogP contribution is -2.45. The molecule has 226 valence electrons. The summed E-state index contributed by atoms with van der Waals surface area (Å²) in [4.78, 5) is 30.6. The summed E-state index contributed by atoms with van der Waals surface area (Å²) in [6, 6.07) is 5.98. The van der Waals surface area contributed by atoms with Gasteiger partial charge in [-0.25, -0.2) is 4.79 Å². The van der Waals surface area contributed by atoms with E-state index in [2.05, 4.69) is 19.2 Å². The van der Waals surface area contributed by atoms with E-state index in [9.17, 15) is 9.59 Å². The van der Waals surface area contributed by atoms with Crippen LogP contribution in [0, 0.1) is 18.8 Å². The molecule has 1 heterocycles. The third-order valence-corrected chi connectivity index (χ3v) is 8.12. The second kappa shape index (κ2) is 15.0. The van der Waals surface area contributed by atoms with Gasteiger partial charge in [0.25, 0.3) is 5.91 Å². The van der Waals surface area contributed by atoms with Crippen LogP contribution in [0.4, 0.5) is 4.79 Å². The van der Waals surface area contributed by atoms with Crippen LogP contribution in [0.25, 0.3) is 0 Å². The van der Waals surface area contributed by atoms with E-state index < -0.39 is 0 Å². The van der Waals surface area contributed by atoms with Crippen LogP contribution in [-0.4, -0.2) is 99.7 Å². The highest BCUT2D eigenvalue weighted by Gasteiger charge is 2.39. The van der Waals surface area contributed by atoms with Crippen molar-refractivity contribution in [1.29, 1.82) is 0 Å². The Morgan fingerprint density at radius 3 is 2.38 bits per heavy atom. The van der Waals surface area contributed by atoms with Crippen molar-refractivity contribution in [2.75, 3.05) is 60.2 Å². The van der Waals surface area contributed by atoms with Gasteiger partial charge < -0.3 is 34.1 Å². The first kappa shape index (κ1) is 32.2. The van der Waals surface area contributed by atoms with Crippen LogP contribution in [-0.2, 0) is 14.2 Å². The van der Waals surface area contributed by atoms with Crippen molar-refractivity contribution >= 4 is 12.0 Å². The molecule has 1 saturated heterocycles. The Kier molecular flexibility index (Phi) is 12.1. The summed E-state index contributed by atoms with van der Waals surface area (Å²) < 4.78 is 22.2. The Balaban J connectivity index is 1.63. The smallest absolute Gasteiger partial charge is 0.410 e. The van der Waals surface area contributed by atoms with Gasteiger partial charge in [0.2, 0.25) is 0 Å². The minimum Gasteiger partial charge on any atom is -0.493 e. The first-order valence-electron chi connectivity index (χ1n) is 14.8. The molecule has 1 aromatic rings. The predicted octanol–water partition coefficient (Wildman–Crippen LogP) is 4.51. The van der Waals surface area contributed by atoms with Gasteiger partial charge in [0.05, 0.1) is 18.8 Å². The summed E-state index contributed by atoms with van der Waals surface area (Å²) >= 11 is 0. The molecule has 1 aliphatic carbocycles. The lowest BCUT2D eigenvalue weighted by molar-refractivity contribution is -0.00413. The number of carbonyl (C=O) groups is 2. The third kappa shape index (κ3) is 9.35. The van der Waals surface area contributed by atoms with Gasteiger partial charge in [-0.05, 0) is 77.0 Å². The molecule has 1 aromatic carbocycles. The van der Waals surface area contributed by atoms with E-state index in [4.69, 9.17) is 18.9 Å². The fraction of sp³-hybridized carbons (Fsp3) is 0.742. The molecule has 1 N–H and O–H groups in total. The van der Waals surface area contributed by atoms with Gasteiger partial charge in [-0.1, -0.05) is 6.07 Å². The van der Waals surface area contributed by atoms with E-state index in [0.717, 1.165) is 43.7 Å². The summed E-state index contributed by atoms with van der Waals surface area (Å²) in [7, 11) is 3.35. The minimum absolute atomic E-state index is 0.00149. The zero-order valence-electron chi connectivity index (χ0n) is 25.7. The van der Waals surface area contributed by atoms with E-state index in [1.165, 1.54) is 0 Å². The second-order valence-corrected chi connectivity index (χ2v) is 12.1. The number of nitrogens with one attached hydrogen (secondary N) is 1. The van der Waals surface area contributed by atoms with Crippen LogP contribution in [0.3, 0.4) is 0 Å². The number of ether oxygens (including phenoxy) is 4. The number of carbonyl (C=O) groups excluding carboxylic acids is 2. The van der Waals surface area contributed by atoms with Crippen molar-refractivity contribution in [3.8, 4) is 5.75 Å². The molecule has 2 amide bonds. The maximum absolute atomic E-state index is 13.7. The lowest BCUT2D eigenvalue weighted by Gasteiger charge is -2.33. The topological polar surface area (TPSA) is 89.6 Å². The first-order chi connectivity index (χ1) is 19.1. The highest BCUT2D eigenvalue weighted by molar-refractivity contribution is 5.95. The minimum atomic E-state index is -0.327. The number of hydrogen-bond acceptors (Lipinski definition) is 7. The van der Waals surface area contributed by atoms with Crippen molar-refractivity contribution in [1.82, 2.24) is 15.1 Å². The molecule has 2 atom stereocenters. The summed E-state index contributed by atoms with van der Waals surface area (Å²) in [6.07, 6.45) is 3.23. The van der Waals surface area contributed by atoms with Gasteiger partial charge in [-0.3, -0.25) is 4.79 Å². The van der Waals surface area contributed by atoms with Gasteiger partial charge in [0.1, 0.15) is 5.75 Å². The zero-order chi connectivity index (χ0) is 29.3. The summed E-state index contributed by atoms with van der Waals surface area (Å²) in [5.74, 6) is 1.22. The number of amides is 2. The van der Waals surface area contributed by atoms with Gasteiger partial charge in [-0.15, -0.1) is 0 Å². The Hall–Kier alpha value is -2.36. The molecule has 9 heteroatoms. The SMILES string of the molecule is COCCCOc1cc(C(=O)N(C[C@@H]2CNC[C@H]2CN(C(=O)OCCC(C)(C)OC)C2CC2)C(C)C)ccc1C. The monoisotopic (exact) mass is 561 g/mol. The summed E-state index contributed by atoms with van der Waals surface area (Å²) in [6.45, 7) is 14.5. The van der Waals surface area contributed by atoms with Crippen LogP contribution in [0.1, 0.15) is 69.3 Å². The van der Waals surface area contributed by atoms with Crippen LogP contribution < -0.4 is 10.1 Å². The Morgan fingerprint density at radius 1 is 1.05 bits per heavy atom. The Morgan fingerprint density at radius 2 is 1.75 bits per heavy atom. The molecule has 9 nitrogen and oxygen atoms in total. The quantitative estimate of drug-likeness (QED) is 0.297. The maximum Gasteiger partial charge on any atom is 0.410 e. The molecule has 0 radical (unpaired) electrons. The second-order valence-electron chi connectivity index (χ2n) is 12.1. The molecular formula is C31H51N3O6. The number of rotatable bonds is 16. The van der Waals surface area contributed by atoms with Crippen LogP contribution >= 0.6 is 0 Å². The van der Waals surface area contributed by atoms with E-state index in [1.807, 2.05) is 48.8 Å². The average Bonchev–Trinajstić information content (AvgIpc) is 3.67. The highest BCUT2D eigenvalue weighted by Crippen LogP contribution is 2.31. The molecule has 2 aliphatic rings. The largest absolute Gasteiger partial charge is 0.493 e. The van der Waals surface area contributed by atoms with Crippen molar-refractivity contribution in [3.05, 3.63) is 29.3 Å². The van der Waals surface area contributed by atoms with Crippen LogP contribution in [0.5, 0.6) is 5.75 Å². The van der Waals surface area contributed by atoms with Crippen LogP contribution in [0.15, 0.2) is 18.2 Å². The number of methoxy groups -OCH3 is 2. The lowest BCUT2D eigenvalue weighted by atomic mass is 9.94. The molecule has 0 aromatic heterocycles. The molecular weight excluding hydrogens is 510 g/mol. The normalized spacial score (nSPS) is 19.1. The third-order valence-electron chi connectivity index (χ3n) is 8.12. The zero-order valence-corrected chi connectivity index (χ0v) is 25.7. The molecule has 1 aliphatic heterocycles. The summed E-state index contributed by atoms with van der Waals surface area (Å²) in [5, 5.41) is 3.51. The number of aryl methyl sites for hydroxylation is 1. The predicted molar refractivity (Wildman–Crippen MR) is 156 cm³/mol. The van der Waals surface area contributed by atoms with E-state index in [-0.39, 0.29) is 41.5 Å². The molecule has 0 spiro atoms.